The maximum Gasteiger partial charge on any atom is 0.252 e. The van der Waals surface area contributed by atoms with Crippen molar-refractivity contribution >= 4 is 16.8 Å². The highest BCUT2D eigenvalue weighted by Crippen LogP contribution is 2.27. The normalized spacial score (nSPS) is 20.0. The van der Waals surface area contributed by atoms with E-state index in [0.29, 0.717) is 11.5 Å². The van der Waals surface area contributed by atoms with E-state index in [-0.39, 0.29) is 11.9 Å². The topological polar surface area (TPSA) is 42.0 Å². The number of carbonyl (C=O) groups excluding carboxylic acids is 1. The Bertz CT molecular complexity index is 920. The minimum absolute atomic E-state index is 0.0135. The standard InChI is InChI=1S/C23H24N2O/c1-16-9-5-7-13-20(16)25-23(26)19-15-22(17-10-3-2-4-11-17)24-21-14-8-6-12-18(19)21/h2-4,6,8,10-12,14-16,20H,5,7,9,13H2,1H3,(H,25,26). The van der Waals surface area contributed by atoms with Crippen LogP contribution in [0.1, 0.15) is 43.0 Å². The van der Waals surface area contributed by atoms with E-state index in [0.717, 1.165) is 28.6 Å². The van der Waals surface area contributed by atoms with Gasteiger partial charge < -0.3 is 5.32 Å². The van der Waals surface area contributed by atoms with Gasteiger partial charge in [-0.1, -0.05) is 68.3 Å². The first kappa shape index (κ1) is 16.8. The van der Waals surface area contributed by atoms with E-state index in [1.165, 1.54) is 19.3 Å². The zero-order chi connectivity index (χ0) is 17.9. The molecule has 1 fully saturated rings. The van der Waals surface area contributed by atoms with Gasteiger partial charge in [-0.25, -0.2) is 4.98 Å². The minimum Gasteiger partial charge on any atom is -0.349 e. The number of pyridine rings is 1. The van der Waals surface area contributed by atoms with Crippen LogP contribution in [0.2, 0.25) is 0 Å². The van der Waals surface area contributed by atoms with E-state index in [1.54, 1.807) is 0 Å². The van der Waals surface area contributed by atoms with E-state index < -0.39 is 0 Å². The number of para-hydroxylation sites is 1. The van der Waals surface area contributed by atoms with Crippen molar-refractivity contribution in [3.63, 3.8) is 0 Å². The van der Waals surface area contributed by atoms with Crippen molar-refractivity contribution in [2.75, 3.05) is 0 Å². The number of benzene rings is 2. The molecular formula is C23H24N2O. The Morgan fingerprint density at radius 3 is 2.54 bits per heavy atom. The number of hydrogen-bond donors (Lipinski definition) is 1. The van der Waals surface area contributed by atoms with Crippen LogP contribution < -0.4 is 5.32 Å². The molecule has 4 rings (SSSR count). The number of aromatic nitrogens is 1. The maximum absolute atomic E-state index is 13.1. The molecule has 2 unspecified atom stereocenters. The molecule has 1 saturated carbocycles. The van der Waals surface area contributed by atoms with Gasteiger partial charge in [0.15, 0.2) is 0 Å². The summed E-state index contributed by atoms with van der Waals surface area (Å²) >= 11 is 0. The Hall–Kier alpha value is -2.68. The number of nitrogens with one attached hydrogen (secondary N) is 1. The van der Waals surface area contributed by atoms with Gasteiger partial charge in [0.05, 0.1) is 16.8 Å². The zero-order valence-corrected chi connectivity index (χ0v) is 15.1. The van der Waals surface area contributed by atoms with E-state index in [9.17, 15) is 4.79 Å². The zero-order valence-electron chi connectivity index (χ0n) is 15.1. The lowest BCUT2D eigenvalue weighted by Gasteiger charge is -2.29. The Balaban J connectivity index is 1.74. The average Bonchev–Trinajstić information content (AvgIpc) is 2.69. The van der Waals surface area contributed by atoms with Crippen LogP contribution in [0.15, 0.2) is 60.7 Å². The summed E-state index contributed by atoms with van der Waals surface area (Å²) < 4.78 is 0. The van der Waals surface area contributed by atoms with Gasteiger partial charge >= 0.3 is 0 Å². The monoisotopic (exact) mass is 344 g/mol. The average molecular weight is 344 g/mol. The summed E-state index contributed by atoms with van der Waals surface area (Å²) in [6.45, 7) is 2.24. The van der Waals surface area contributed by atoms with Crippen LogP contribution in [-0.2, 0) is 0 Å². The van der Waals surface area contributed by atoms with Crippen LogP contribution in [-0.4, -0.2) is 16.9 Å². The lowest BCUT2D eigenvalue weighted by atomic mass is 9.85. The van der Waals surface area contributed by atoms with Gasteiger partial charge in [0.25, 0.3) is 5.91 Å². The Kier molecular flexibility index (Phi) is 4.70. The summed E-state index contributed by atoms with van der Waals surface area (Å²) in [4.78, 5) is 17.9. The summed E-state index contributed by atoms with van der Waals surface area (Å²) in [6, 6.07) is 20.1. The van der Waals surface area contributed by atoms with Gasteiger partial charge in [0.2, 0.25) is 0 Å². The first-order valence-electron chi connectivity index (χ1n) is 9.48. The smallest absolute Gasteiger partial charge is 0.252 e. The molecule has 2 aromatic carbocycles. The van der Waals surface area contributed by atoms with E-state index in [2.05, 4.69) is 12.2 Å². The number of carbonyl (C=O) groups is 1. The SMILES string of the molecule is CC1CCCCC1NC(=O)c1cc(-c2ccccc2)nc2ccccc12. The highest BCUT2D eigenvalue weighted by molar-refractivity contribution is 6.07. The predicted octanol–water partition coefficient (Wildman–Crippen LogP) is 5.21. The molecule has 2 atom stereocenters. The Morgan fingerprint density at radius 2 is 1.73 bits per heavy atom. The third kappa shape index (κ3) is 3.34. The molecule has 132 valence electrons. The van der Waals surface area contributed by atoms with Crippen molar-refractivity contribution in [2.45, 2.75) is 38.6 Å². The number of rotatable bonds is 3. The highest BCUT2D eigenvalue weighted by atomic mass is 16.1. The fraction of sp³-hybridized carbons (Fsp3) is 0.304. The van der Waals surface area contributed by atoms with Crippen LogP contribution in [0, 0.1) is 5.92 Å². The largest absolute Gasteiger partial charge is 0.349 e. The molecule has 1 amide bonds. The Labute approximate surface area is 154 Å². The predicted molar refractivity (Wildman–Crippen MR) is 106 cm³/mol. The maximum atomic E-state index is 13.1. The lowest BCUT2D eigenvalue weighted by Crippen LogP contribution is -2.41. The number of fused-ring (bicyclic) bond motifs is 1. The summed E-state index contributed by atoms with van der Waals surface area (Å²) in [5.41, 5.74) is 3.44. The van der Waals surface area contributed by atoms with Crippen molar-refractivity contribution in [1.82, 2.24) is 10.3 Å². The van der Waals surface area contributed by atoms with Crippen LogP contribution in [0.25, 0.3) is 22.2 Å². The van der Waals surface area contributed by atoms with Crippen LogP contribution in [0.3, 0.4) is 0 Å². The van der Waals surface area contributed by atoms with Gasteiger partial charge in [-0.2, -0.15) is 0 Å². The molecular weight excluding hydrogens is 320 g/mol. The quantitative estimate of drug-likeness (QED) is 0.708. The van der Waals surface area contributed by atoms with Gasteiger partial charge in [-0.05, 0) is 30.9 Å². The fourth-order valence-corrected chi connectivity index (χ4v) is 3.90. The van der Waals surface area contributed by atoms with Crippen LogP contribution in [0.5, 0.6) is 0 Å². The second-order valence-electron chi connectivity index (χ2n) is 7.28. The number of nitrogens with zero attached hydrogens (tertiary/aromatic N) is 1. The van der Waals surface area contributed by atoms with Gasteiger partial charge in [-0.15, -0.1) is 0 Å². The molecule has 0 spiro atoms. The summed E-state index contributed by atoms with van der Waals surface area (Å²) in [7, 11) is 0. The third-order valence-corrected chi connectivity index (χ3v) is 5.46. The van der Waals surface area contributed by atoms with Gasteiger partial charge in [0.1, 0.15) is 0 Å². The second-order valence-corrected chi connectivity index (χ2v) is 7.28. The molecule has 0 aliphatic heterocycles. The highest BCUT2D eigenvalue weighted by Gasteiger charge is 2.24. The van der Waals surface area contributed by atoms with Gasteiger partial charge in [0, 0.05) is 17.0 Å². The van der Waals surface area contributed by atoms with Crippen LogP contribution >= 0.6 is 0 Å². The van der Waals surface area contributed by atoms with Crippen molar-refractivity contribution < 1.29 is 4.79 Å². The number of amides is 1. The van der Waals surface area contributed by atoms with Crippen molar-refractivity contribution in [1.29, 1.82) is 0 Å². The van der Waals surface area contributed by atoms with E-state index in [1.807, 2.05) is 60.7 Å². The molecule has 1 aromatic heterocycles. The summed E-state index contributed by atoms with van der Waals surface area (Å²) in [5.74, 6) is 0.550. The van der Waals surface area contributed by atoms with Crippen molar-refractivity contribution in [2.24, 2.45) is 5.92 Å². The molecule has 0 bridgehead atoms. The molecule has 3 nitrogen and oxygen atoms in total. The van der Waals surface area contributed by atoms with Crippen LogP contribution in [0.4, 0.5) is 0 Å². The van der Waals surface area contributed by atoms with Gasteiger partial charge in [-0.3, -0.25) is 4.79 Å². The van der Waals surface area contributed by atoms with E-state index in [4.69, 9.17) is 4.98 Å². The summed E-state index contributed by atoms with van der Waals surface area (Å²) in [6.07, 6.45) is 4.73. The first-order valence-corrected chi connectivity index (χ1v) is 9.48. The number of hydrogen-bond acceptors (Lipinski definition) is 2. The van der Waals surface area contributed by atoms with Crippen molar-refractivity contribution in [3.05, 3.63) is 66.2 Å². The second kappa shape index (κ2) is 7.28. The molecule has 0 saturated heterocycles. The Morgan fingerprint density at radius 1 is 1.00 bits per heavy atom. The fourth-order valence-electron chi connectivity index (χ4n) is 3.90. The molecule has 1 aliphatic carbocycles. The molecule has 3 heteroatoms. The van der Waals surface area contributed by atoms with E-state index >= 15 is 0 Å². The molecule has 1 N–H and O–H groups in total. The summed E-state index contributed by atoms with van der Waals surface area (Å²) in [5, 5.41) is 4.20. The molecule has 26 heavy (non-hydrogen) atoms. The van der Waals surface area contributed by atoms with Crippen molar-refractivity contribution in [3.8, 4) is 11.3 Å². The molecule has 0 radical (unpaired) electrons. The molecule has 3 aromatic rings. The third-order valence-electron chi connectivity index (χ3n) is 5.46. The minimum atomic E-state index is 0.0135. The first-order chi connectivity index (χ1) is 12.7. The lowest BCUT2D eigenvalue weighted by molar-refractivity contribution is 0.0912. The molecule has 1 aliphatic rings. The molecule has 1 heterocycles.